The van der Waals surface area contributed by atoms with Gasteiger partial charge in [0.05, 0.1) is 26.4 Å². The normalized spacial score (nSPS) is 14.1. The molecule has 528 valence electrons. The van der Waals surface area contributed by atoms with Crippen molar-refractivity contribution in [3.05, 3.63) is 0 Å². The van der Waals surface area contributed by atoms with Crippen molar-refractivity contribution in [3.63, 3.8) is 0 Å². The molecule has 0 aliphatic rings. The zero-order chi connectivity index (χ0) is 65.6. The lowest BCUT2D eigenvalue weighted by Gasteiger charge is -2.21. The van der Waals surface area contributed by atoms with Gasteiger partial charge in [-0.05, 0) is 31.6 Å². The van der Waals surface area contributed by atoms with Gasteiger partial charge in [0, 0.05) is 25.7 Å². The number of rotatable bonds is 70. The van der Waals surface area contributed by atoms with E-state index in [9.17, 15) is 43.2 Å². The zero-order valence-electron chi connectivity index (χ0n) is 57.6. The van der Waals surface area contributed by atoms with Crippen LogP contribution in [-0.4, -0.2) is 96.7 Å². The maximum absolute atomic E-state index is 13.0. The van der Waals surface area contributed by atoms with Gasteiger partial charge in [0.2, 0.25) is 0 Å². The molecule has 0 radical (unpaired) electrons. The summed E-state index contributed by atoms with van der Waals surface area (Å²) in [4.78, 5) is 72.5. The number of aliphatic hydroxyl groups is 1. The molecule has 0 spiro atoms. The van der Waals surface area contributed by atoms with Crippen LogP contribution in [-0.2, 0) is 65.4 Å². The standard InChI is InChI=1S/C70H136O17P2/c1-6-9-12-15-18-21-23-24-27-30-35-39-44-49-54-68(73)81-60-66(87-70(75)56-51-46-41-36-31-28-25-26-29-33-37-42-47-52-63(4)5)62-85-89(78,79)83-58-64(71)57-82-88(76,77)84-61-65(59-80-67(72)53-48-43-38-32-20-17-14-11-8-3)86-69(74)55-50-45-40-34-22-19-16-13-10-7-2/h63-66,71H,6-62H2,1-5H3,(H,76,77)(H,78,79)/t64-,65+,66+/m0/s1. The Bertz CT molecular complexity index is 1720. The minimum atomic E-state index is -4.95. The third kappa shape index (κ3) is 64.6. The van der Waals surface area contributed by atoms with Crippen molar-refractivity contribution in [2.24, 2.45) is 5.92 Å². The second kappa shape index (κ2) is 63.5. The van der Waals surface area contributed by atoms with E-state index in [1.165, 1.54) is 186 Å². The van der Waals surface area contributed by atoms with Crippen LogP contribution in [0.25, 0.3) is 0 Å². The van der Waals surface area contributed by atoms with Crippen molar-refractivity contribution in [2.45, 2.75) is 380 Å². The highest BCUT2D eigenvalue weighted by molar-refractivity contribution is 7.47. The molecule has 2 unspecified atom stereocenters. The second-order valence-corrected chi connectivity index (χ2v) is 28.7. The quantitative estimate of drug-likeness (QED) is 0.0222. The molecule has 0 aromatic heterocycles. The highest BCUT2D eigenvalue weighted by Gasteiger charge is 2.30. The molecular weight excluding hydrogens is 1170 g/mol. The Hall–Kier alpha value is -1.94. The molecule has 0 aromatic rings. The van der Waals surface area contributed by atoms with Gasteiger partial charge in [-0.25, -0.2) is 9.13 Å². The molecule has 17 nitrogen and oxygen atoms in total. The predicted molar refractivity (Wildman–Crippen MR) is 358 cm³/mol. The third-order valence-electron chi connectivity index (χ3n) is 16.3. The summed E-state index contributed by atoms with van der Waals surface area (Å²) in [5.74, 6) is -1.34. The number of hydrogen-bond acceptors (Lipinski definition) is 15. The fraction of sp³-hybridized carbons (Fsp3) is 0.943. The number of hydrogen-bond donors (Lipinski definition) is 3. The minimum Gasteiger partial charge on any atom is -0.462 e. The average molecular weight is 1310 g/mol. The number of phosphoric acid groups is 2. The van der Waals surface area contributed by atoms with Crippen LogP contribution in [0.4, 0.5) is 0 Å². The fourth-order valence-electron chi connectivity index (χ4n) is 10.6. The number of esters is 4. The van der Waals surface area contributed by atoms with Crippen molar-refractivity contribution >= 4 is 39.5 Å². The van der Waals surface area contributed by atoms with Crippen LogP contribution in [0.2, 0.25) is 0 Å². The van der Waals surface area contributed by atoms with E-state index in [0.717, 1.165) is 95.8 Å². The summed E-state index contributed by atoms with van der Waals surface area (Å²) < 4.78 is 68.2. The van der Waals surface area contributed by atoms with Gasteiger partial charge in [-0.2, -0.15) is 0 Å². The van der Waals surface area contributed by atoms with Gasteiger partial charge in [-0.15, -0.1) is 0 Å². The molecule has 0 amide bonds. The van der Waals surface area contributed by atoms with Crippen LogP contribution in [0.1, 0.15) is 362 Å². The maximum atomic E-state index is 13.0. The van der Waals surface area contributed by atoms with Gasteiger partial charge in [-0.1, -0.05) is 311 Å². The van der Waals surface area contributed by atoms with Gasteiger partial charge in [-0.3, -0.25) is 37.3 Å². The number of carbonyl (C=O) groups excluding carboxylic acids is 4. The van der Waals surface area contributed by atoms with Crippen LogP contribution in [0.5, 0.6) is 0 Å². The van der Waals surface area contributed by atoms with E-state index < -0.39 is 97.5 Å². The van der Waals surface area contributed by atoms with Crippen LogP contribution in [0.3, 0.4) is 0 Å². The van der Waals surface area contributed by atoms with Crippen molar-refractivity contribution < 1.29 is 80.2 Å². The molecule has 0 aromatic carbocycles. The first-order chi connectivity index (χ1) is 43.0. The number of phosphoric ester groups is 2. The Kier molecular flexibility index (Phi) is 62.1. The lowest BCUT2D eigenvalue weighted by molar-refractivity contribution is -0.161. The third-order valence-corrected chi connectivity index (χ3v) is 18.2. The molecule has 0 fully saturated rings. The van der Waals surface area contributed by atoms with Gasteiger partial charge in [0.1, 0.15) is 19.3 Å². The van der Waals surface area contributed by atoms with Crippen molar-refractivity contribution in [3.8, 4) is 0 Å². The van der Waals surface area contributed by atoms with Crippen molar-refractivity contribution in [1.29, 1.82) is 0 Å². The van der Waals surface area contributed by atoms with Gasteiger partial charge < -0.3 is 33.8 Å². The number of ether oxygens (including phenoxy) is 4. The lowest BCUT2D eigenvalue weighted by atomic mass is 10.0. The summed E-state index contributed by atoms with van der Waals surface area (Å²) >= 11 is 0. The first-order valence-corrected chi connectivity index (χ1v) is 39.6. The van der Waals surface area contributed by atoms with Crippen molar-refractivity contribution in [1.82, 2.24) is 0 Å². The summed E-state index contributed by atoms with van der Waals surface area (Å²) in [6.45, 7) is 7.24. The van der Waals surface area contributed by atoms with E-state index >= 15 is 0 Å². The molecular formula is C70H136O17P2. The molecule has 0 aliphatic heterocycles. The Morgan fingerprint density at radius 3 is 0.764 bits per heavy atom. The summed E-state index contributed by atoms with van der Waals surface area (Å²) in [7, 11) is -9.89. The molecule has 0 aliphatic carbocycles. The van der Waals surface area contributed by atoms with Crippen LogP contribution < -0.4 is 0 Å². The number of carbonyl (C=O) groups is 4. The Morgan fingerprint density at radius 2 is 0.517 bits per heavy atom. The molecule has 19 heteroatoms. The van der Waals surface area contributed by atoms with E-state index in [2.05, 4.69) is 34.6 Å². The molecule has 3 N–H and O–H groups in total. The summed E-state index contributed by atoms with van der Waals surface area (Å²) in [5.41, 5.74) is 0. The number of aliphatic hydroxyl groups excluding tert-OH is 1. The molecule has 0 saturated heterocycles. The second-order valence-electron chi connectivity index (χ2n) is 25.7. The van der Waals surface area contributed by atoms with E-state index in [1.807, 2.05) is 0 Å². The first kappa shape index (κ1) is 87.1. The van der Waals surface area contributed by atoms with Crippen LogP contribution in [0, 0.1) is 5.92 Å². The summed E-state index contributed by atoms with van der Waals surface area (Å²) in [6.07, 6.45) is 49.8. The van der Waals surface area contributed by atoms with Gasteiger partial charge >= 0.3 is 39.5 Å². The van der Waals surface area contributed by atoms with E-state index in [1.54, 1.807) is 0 Å². The Morgan fingerprint density at radius 1 is 0.303 bits per heavy atom. The number of unbranched alkanes of at least 4 members (excludes halogenated alkanes) is 42. The van der Waals surface area contributed by atoms with Crippen molar-refractivity contribution in [2.75, 3.05) is 39.6 Å². The van der Waals surface area contributed by atoms with E-state index in [0.29, 0.717) is 25.7 Å². The van der Waals surface area contributed by atoms with Gasteiger partial charge in [0.25, 0.3) is 0 Å². The van der Waals surface area contributed by atoms with E-state index in [4.69, 9.17) is 37.0 Å². The molecule has 5 atom stereocenters. The molecule has 0 rings (SSSR count). The Balaban J connectivity index is 5.22. The lowest BCUT2D eigenvalue weighted by Crippen LogP contribution is -2.30. The first-order valence-electron chi connectivity index (χ1n) is 36.6. The van der Waals surface area contributed by atoms with E-state index in [-0.39, 0.29) is 25.7 Å². The zero-order valence-corrected chi connectivity index (χ0v) is 59.4. The molecule has 0 bridgehead atoms. The fourth-order valence-corrected chi connectivity index (χ4v) is 12.2. The summed E-state index contributed by atoms with van der Waals surface area (Å²) in [5, 5.41) is 10.6. The highest BCUT2D eigenvalue weighted by Crippen LogP contribution is 2.45. The smallest absolute Gasteiger partial charge is 0.462 e. The molecule has 89 heavy (non-hydrogen) atoms. The molecule has 0 saturated carbocycles. The summed E-state index contributed by atoms with van der Waals surface area (Å²) in [6, 6.07) is 0. The largest absolute Gasteiger partial charge is 0.472 e. The SMILES string of the molecule is CCCCCCCCCCCCCCCCC(=O)OC[C@H](COP(=O)(O)OC[C@@H](O)COP(=O)(O)OC[C@@H](COC(=O)CCCCCCCCCCC)OC(=O)CCCCCCCCCCCC)OC(=O)CCCCCCCCCCCCCCCC(C)C. The topological polar surface area (TPSA) is 237 Å². The molecule has 0 heterocycles. The van der Waals surface area contributed by atoms with Gasteiger partial charge in [0.15, 0.2) is 12.2 Å². The predicted octanol–water partition coefficient (Wildman–Crippen LogP) is 20.1. The highest BCUT2D eigenvalue weighted by atomic mass is 31.2. The average Bonchev–Trinajstić information content (AvgIpc) is 3.68. The van der Waals surface area contributed by atoms with Crippen LogP contribution >= 0.6 is 15.6 Å². The Labute approximate surface area is 543 Å². The van der Waals surface area contributed by atoms with Crippen LogP contribution in [0.15, 0.2) is 0 Å². The maximum Gasteiger partial charge on any atom is 0.472 e. The monoisotopic (exact) mass is 1310 g/mol. The minimum absolute atomic E-state index is 0.107.